The molecule has 22 heavy (non-hydrogen) atoms. The van der Waals surface area contributed by atoms with Crippen LogP contribution in [0.5, 0.6) is 0 Å². The predicted octanol–water partition coefficient (Wildman–Crippen LogP) is 2.20. The van der Waals surface area contributed by atoms with E-state index in [1.54, 1.807) is 18.7 Å². The van der Waals surface area contributed by atoms with Gasteiger partial charge in [0.25, 0.3) is 0 Å². The van der Waals surface area contributed by atoms with Crippen molar-refractivity contribution in [2.75, 3.05) is 13.1 Å². The Hall–Kier alpha value is -2.26. The van der Waals surface area contributed by atoms with Crippen LogP contribution in [0.3, 0.4) is 0 Å². The van der Waals surface area contributed by atoms with Crippen molar-refractivity contribution in [2.24, 2.45) is 5.92 Å². The van der Waals surface area contributed by atoms with Crippen molar-refractivity contribution >= 4 is 0 Å². The standard InChI is InChI=1S/C16H18FN5/c17-16-4-3-13(7-18)6-15(16)10-21-5-1-2-14(8-21)9-22-12-19-11-20-22/h3-4,6,11-12,14H,1-2,5,8-10H2/t14-/m1/s1. The van der Waals surface area contributed by atoms with Gasteiger partial charge in [-0.25, -0.2) is 9.37 Å². The molecule has 114 valence electrons. The van der Waals surface area contributed by atoms with Gasteiger partial charge in [-0.05, 0) is 43.5 Å². The van der Waals surface area contributed by atoms with Crippen LogP contribution in [0.15, 0.2) is 30.9 Å². The van der Waals surface area contributed by atoms with Crippen molar-refractivity contribution in [1.29, 1.82) is 5.26 Å². The molecule has 0 bridgehead atoms. The quantitative estimate of drug-likeness (QED) is 0.868. The second kappa shape index (κ2) is 6.67. The molecule has 1 aliphatic rings. The normalized spacial score (nSPS) is 19.0. The Labute approximate surface area is 129 Å². The third kappa shape index (κ3) is 3.49. The van der Waals surface area contributed by atoms with E-state index < -0.39 is 0 Å². The number of benzene rings is 1. The molecule has 0 radical (unpaired) electrons. The van der Waals surface area contributed by atoms with Crippen molar-refractivity contribution < 1.29 is 4.39 Å². The minimum atomic E-state index is -0.239. The number of halogens is 1. The molecule has 0 amide bonds. The number of hydrogen-bond donors (Lipinski definition) is 0. The molecule has 0 unspecified atom stereocenters. The second-order valence-electron chi connectivity index (χ2n) is 5.78. The molecular weight excluding hydrogens is 281 g/mol. The average Bonchev–Trinajstić information content (AvgIpc) is 3.03. The monoisotopic (exact) mass is 299 g/mol. The van der Waals surface area contributed by atoms with E-state index in [0.717, 1.165) is 32.5 Å². The molecule has 0 aliphatic carbocycles. The van der Waals surface area contributed by atoms with Gasteiger partial charge >= 0.3 is 0 Å². The van der Waals surface area contributed by atoms with Crippen LogP contribution < -0.4 is 0 Å². The molecule has 1 atom stereocenters. The fourth-order valence-corrected chi connectivity index (χ4v) is 3.04. The van der Waals surface area contributed by atoms with Crippen LogP contribution in [0.4, 0.5) is 4.39 Å². The van der Waals surface area contributed by atoms with Crippen LogP contribution in [-0.2, 0) is 13.1 Å². The summed E-state index contributed by atoms with van der Waals surface area (Å²) in [5.74, 6) is 0.259. The van der Waals surface area contributed by atoms with Crippen LogP contribution in [0, 0.1) is 23.1 Å². The molecule has 0 spiro atoms. The lowest BCUT2D eigenvalue weighted by Crippen LogP contribution is -2.36. The first kappa shape index (κ1) is 14.7. The molecule has 1 aromatic carbocycles. The number of piperidine rings is 1. The maximum atomic E-state index is 13.9. The van der Waals surface area contributed by atoms with E-state index in [-0.39, 0.29) is 5.82 Å². The molecule has 3 rings (SSSR count). The number of nitriles is 1. The Morgan fingerprint density at radius 3 is 3.09 bits per heavy atom. The summed E-state index contributed by atoms with van der Waals surface area (Å²) in [4.78, 5) is 6.22. The maximum Gasteiger partial charge on any atom is 0.137 e. The van der Waals surface area contributed by atoms with Crippen molar-refractivity contribution in [2.45, 2.75) is 25.9 Å². The Balaban J connectivity index is 1.64. The molecule has 2 aromatic rings. The van der Waals surface area contributed by atoms with E-state index in [4.69, 9.17) is 5.26 Å². The lowest BCUT2D eigenvalue weighted by atomic mass is 9.97. The average molecular weight is 299 g/mol. The first-order chi connectivity index (χ1) is 10.7. The smallest absolute Gasteiger partial charge is 0.137 e. The molecule has 0 N–H and O–H groups in total. The van der Waals surface area contributed by atoms with Crippen LogP contribution in [-0.4, -0.2) is 32.8 Å². The number of likely N-dealkylation sites (tertiary alicyclic amines) is 1. The largest absolute Gasteiger partial charge is 0.299 e. The third-order valence-electron chi connectivity index (χ3n) is 4.08. The zero-order valence-corrected chi connectivity index (χ0v) is 12.3. The summed E-state index contributed by atoms with van der Waals surface area (Å²) in [5.41, 5.74) is 1.10. The Morgan fingerprint density at radius 1 is 1.41 bits per heavy atom. The molecular formula is C16H18FN5. The number of rotatable bonds is 4. The van der Waals surface area contributed by atoms with Gasteiger partial charge in [-0.1, -0.05) is 0 Å². The van der Waals surface area contributed by atoms with E-state index in [0.29, 0.717) is 23.6 Å². The first-order valence-electron chi connectivity index (χ1n) is 7.48. The Bertz CT molecular complexity index is 662. The topological polar surface area (TPSA) is 57.7 Å². The zero-order valence-electron chi connectivity index (χ0n) is 12.3. The van der Waals surface area contributed by atoms with Gasteiger partial charge in [0.2, 0.25) is 0 Å². The van der Waals surface area contributed by atoms with E-state index in [1.165, 1.54) is 12.1 Å². The maximum absolute atomic E-state index is 13.9. The van der Waals surface area contributed by atoms with Crippen LogP contribution in [0.25, 0.3) is 0 Å². The molecule has 1 aromatic heterocycles. The number of aromatic nitrogens is 3. The van der Waals surface area contributed by atoms with Gasteiger partial charge in [0.15, 0.2) is 0 Å². The highest BCUT2D eigenvalue weighted by Crippen LogP contribution is 2.21. The van der Waals surface area contributed by atoms with E-state index in [1.807, 2.05) is 4.68 Å². The minimum absolute atomic E-state index is 0.239. The van der Waals surface area contributed by atoms with E-state index >= 15 is 0 Å². The van der Waals surface area contributed by atoms with Gasteiger partial charge in [0, 0.05) is 25.2 Å². The van der Waals surface area contributed by atoms with E-state index in [2.05, 4.69) is 21.1 Å². The summed E-state index contributed by atoms with van der Waals surface area (Å²) in [6.07, 6.45) is 5.52. The van der Waals surface area contributed by atoms with Crippen LogP contribution in [0.1, 0.15) is 24.0 Å². The molecule has 1 aliphatic heterocycles. The zero-order chi connectivity index (χ0) is 15.4. The number of nitrogens with zero attached hydrogens (tertiary/aromatic N) is 5. The SMILES string of the molecule is N#Cc1ccc(F)c(CN2CCC[C@@H](Cn3cncn3)C2)c1. The summed E-state index contributed by atoms with van der Waals surface area (Å²) >= 11 is 0. The van der Waals surface area contributed by atoms with Gasteiger partial charge in [0.05, 0.1) is 11.6 Å². The summed E-state index contributed by atoms with van der Waals surface area (Å²) in [6.45, 7) is 3.27. The van der Waals surface area contributed by atoms with Crippen LogP contribution >= 0.6 is 0 Å². The van der Waals surface area contributed by atoms with Gasteiger partial charge < -0.3 is 0 Å². The highest BCUT2D eigenvalue weighted by atomic mass is 19.1. The fraction of sp³-hybridized carbons (Fsp3) is 0.438. The van der Waals surface area contributed by atoms with Gasteiger partial charge in [-0.15, -0.1) is 0 Å². The molecule has 1 fully saturated rings. The highest BCUT2D eigenvalue weighted by Gasteiger charge is 2.21. The van der Waals surface area contributed by atoms with Crippen molar-refractivity contribution in [3.05, 3.63) is 47.8 Å². The molecule has 6 heteroatoms. The van der Waals surface area contributed by atoms with E-state index in [9.17, 15) is 4.39 Å². The summed E-state index contributed by atoms with van der Waals surface area (Å²) < 4.78 is 15.8. The van der Waals surface area contributed by atoms with Crippen molar-refractivity contribution in [3.63, 3.8) is 0 Å². The molecule has 0 saturated carbocycles. The first-order valence-corrected chi connectivity index (χ1v) is 7.48. The van der Waals surface area contributed by atoms with Gasteiger partial charge in [-0.3, -0.25) is 9.58 Å². The molecule has 1 saturated heterocycles. The molecule has 2 heterocycles. The predicted molar refractivity (Wildman–Crippen MR) is 79.1 cm³/mol. The lowest BCUT2D eigenvalue weighted by molar-refractivity contribution is 0.152. The summed E-state index contributed by atoms with van der Waals surface area (Å²) in [7, 11) is 0. The Morgan fingerprint density at radius 2 is 2.32 bits per heavy atom. The molecule has 5 nitrogen and oxygen atoms in total. The van der Waals surface area contributed by atoms with Crippen molar-refractivity contribution in [1.82, 2.24) is 19.7 Å². The highest BCUT2D eigenvalue weighted by molar-refractivity contribution is 5.33. The minimum Gasteiger partial charge on any atom is -0.299 e. The fourth-order valence-electron chi connectivity index (χ4n) is 3.04. The Kier molecular flexibility index (Phi) is 4.45. The summed E-state index contributed by atoms with van der Waals surface area (Å²) in [5, 5.41) is 13.1. The van der Waals surface area contributed by atoms with Crippen LogP contribution in [0.2, 0.25) is 0 Å². The number of hydrogen-bond acceptors (Lipinski definition) is 4. The summed E-state index contributed by atoms with van der Waals surface area (Å²) in [6, 6.07) is 6.61. The second-order valence-corrected chi connectivity index (χ2v) is 5.78. The van der Waals surface area contributed by atoms with Gasteiger partial charge in [0.1, 0.15) is 18.5 Å². The third-order valence-corrected chi connectivity index (χ3v) is 4.08. The lowest BCUT2D eigenvalue weighted by Gasteiger charge is -2.32. The van der Waals surface area contributed by atoms with Gasteiger partial charge in [-0.2, -0.15) is 10.4 Å². The van der Waals surface area contributed by atoms with Crippen molar-refractivity contribution in [3.8, 4) is 6.07 Å².